The Hall–Kier alpha value is 0.177. The van der Waals surface area contributed by atoms with Crippen molar-refractivity contribution in [3.63, 3.8) is 0 Å². The lowest BCUT2D eigenvalue weighted by Gasteiger charge is -2.29. The normalized spacial score (nSPS) is 23.8. The van der Waals surface area contributed by atoms with Crippen LogP contribution in [0.15, 0.2) is 0 Å². The molecule has 1 aliphatic heterocycles. The molecule has 1 rings (SSSR count). The maximum Gasteiger partial charge on any atom is 0.0716 e. The molecule has 2 heteroatoms. The van der Waals surface area contributed by atoms with Crippen molar-refractivity contribution in [3.05, 3.63) is 0 Å². The van der Waals surface area contributed by atoms with Gasteiger partial charge in [0.05, 0.1) is 8.80 Å². The summed E-state index contributed by atoms with van der Waals surface area (Å²) >= 11 is 0. The first-order chi connectivity index (χ1) is 6.38. The molecular weight excluding hydrogens is 176 g/mol. The predicted octanol–water partition coefficient (Wildman–Crippen LogP) is 3.14. The molecule has 0 aromatic heterocycles. The van der Waals surface area contributed by atoms with Crippen LogP contribution in [0.1, 0.15) is 46.0 Å². The van der Waals surface area contributed by atoms with Gasteiger partial charge in [-0.1, -0.05) is 38.8 Å². The molecule has 1 nitrogen and oxygen atoms in total. The zero-order valence-corrected chi connectivity index (χ0v) is 10.4. The second-order valence-electron chi connectivity index (χ2n) is 4.24. The van der Waals surface area contributed by atoms with Gasteiger partial charge in [-0.2, -0.15) is 0 Å². The van der Waals surface area contributed by atoms with Crippen LogP contribution >= 0.6 is 0 Å². The zero-order chi connectivity index (χ0) is 9.52. The first kappa shape index (κ1) is 11.3. The van der Waals surface area contributed by atoms with Crippen LogP contribution in [0.5, 0.6) is 0 Å². The Bertz CT molecular complexity index is 115. The fraction of sp³-hybridized carbons (Fsp3) is 1.00. The van der Waals surface area contributed by atoms with Crippen molar-refractivity contribution in [3.8, 4) is 0 Å². The van der Waals surface area contributed by atoms with Gasteiger partial charge in [-0.15, -0.1) is 0 Å². The molecule has 0 aromatic carbocycles. The van der Waals surface area contributed by atoms with Crippen LogP contribution in [-0.2, 0) is 4.74 Å². The molecule has 78 valence electrons. The number of hydrogen-bond donors (Lipinski definition) is 0. The molecule has 1 heterocycles. The van der Waals surface area contributed by atoms with Gasteiger partial charge in [0.2, 0.25) is 0 Å². The highest BCUT2D eigenvalue weighted by Gasteiger charge is 2.24. The minimum atomic E-state index is -0.537. The third-order valence-electron chi connectivity index (χ3n) is 3.06. The maximum atomic E-state index is 5.91. The van der Waals surface area contributed by atoms with Gasteiger partial charge in [0.15, 0.2) is 0 Å². The summed E-state index contributed by atoms with van der Waals surface area (Å²) in [5.74, 6) is 0. The number of ether oxygens (including phenoxy) is 1. The van der Waals surface area contributed by atoms with E-state index in [0.717, 1.165) is 12.3 Å². The fourth-order valence-corrected chi connectivity index (χ4v) is 6.03. The van der Waals surface area contributed by atoms with Gasteiger partial charge < -0.3 is 4.74 Å². The van der Waals surface area contributed by atoms with Crippen molar-refractivity contribution in [2.24, 2.45) is 0 Å². The van der Waals surface area contributed by atoms with E-state index in [1.54, 1.807) is 0 Å². The van der Waals surface area contributed by atoms with Gasteiger partial charge in [-0.25, -0.2) is 0 Å². The zero-order valence-electron chi connectivity index (χ0n) is 9.22. The molecular formula is C11H24OSi. The molecule has 1 atom stereocenters. The Kier molecular flexibility index (Phi) is 5.72. The van der Waals surface area contributed by atoms with E-state index in [9.17, 15) is 0 Å². The van der Waals surface area contributed by atoms with E-state index in [1.165, 1.54) is 44.2 Å². The summed E-state index contributed by atoms with van der Waals surface area (Å²) in [6, 6.07) is 3.00. The number of rotatable bonds is 5. The predicted molar refractivity (Wildman–Crippen MR) is 60.9 cm³/mol. The molecule has 0 saturated carbocycles. The minimum absolute atomic E-state index is 0.537. The lowest BCUT2D eigenvalue weighted by atomic mass is 10.2. The molecule has 1 saturated heterocycles. The lowest BCUT2D eigenvalue weighted by molar-refractivity contribution is 0.0620. The van der Waals surface area contributed by atoms with E-state index in [-0.39, 0.29) is 0 Å². The van der Waals surface area contributed by atoms with Crippen LogP contribution in [0.3, 0.4) is 0 Å². The highest BCUT2D eigenvalue weighted by molar-refractivity contribution is 6.60. The molecule has 0 spiro atoms. The largest absolute Gasteiger partial charge is 0.382 e. The monoisotopic (exact) mass is 200 g/mol. The Morgan fingerprint density at radius 1 is 1.15 bits per heavy atom. The third-order valence-corrected chi connectivity index (χ3v) is 7.27. The van der Waals surface area contributed by atoms with Crippen molar-refractivity contribution < 1.29 is 4.74 Å². The van der Waals surface area contributed by atoms with Gasteiger partial charge in [0.25, 0.3) is 0 Å². The first-order valence-corrected chi connectivity index (χ1v) is 8.30. The van der Waals surface area contributed by atoms with Crippen LogP contribution in [0.25, 0.3) is 0 Å². The van der Waals surface area contributed by atoms with Crippen molar-refractivity contribution >= 4 is 8.80 Å². The maximum absolute atomic E-state index is 5.91. The number of hydrogen-bond acceptors (Lipinski definition) is 1. The first-order valence-electron chi connectivity index (χ1n) is 6.00. The van der Waals surface area contributed by atoms with Crippen molar-refractivity contribution in [2.45, 2.75) is 63.8 Å². The van der Waals surface area contributed by atoms with Crippen LogP contribution in [0.4, 0.5) is 0 Å². The average molecular weight is 200 g/mol. The molecule has 0 bridgehead atoms. The van der Waals surface area contributed by atoms with Gasteiger partial charge in [0, 0.05) is 12.3 Å². The summed E-state index contributed by atoms with van der Waals surface area (Å²) in [6.45, 7) is 5.68. The molecule has 1 aliphatic rings. The van der Waals surface area contributed by atoms with Crippen molar-refractivity contribution in [1.82, 2.24) is 0 Å². The van der Waals surface area contributed by atoms with Gasteiger partial charge >= 0.3 is 0 Å². The summed E-state index contributed by atoms with van der Waals surface area (Å²) in [6.07, 6.45) is 6.84. The van der Waals surface area contributed by atoms with E-state index >= 15 is 0 Å². The topological polar surface area (TPSA) is 9.23 Å². The van der Waals surface area contributed by atoms with Crippen molar-refractivity contribution in [1.29, 1.82) is 0 Å². The molecule has 13 heavy (non-hydrogen) atoms. The summed E-state index contributed by atoms with van der Waals surface area (Å²) in [7, 11) is -0.537. The molecule has 1 fully saturated rings. The van der Waals surface area contributed by atoms with E-state index < -0.39 is 8.80 Å². The smallest absolute Gasteiger partial charge is 0.0716 e. The van der Waals surface area contributed by atoms with E-state index in [0.29, 0.717) is 0 Å². The van der Waals surface area contributed by atoms with Crippen LogP contribution < -0.4 is 0 Å². The van der Waals surface area contributed by atoms with E-state index in [2.05, 4.69) is 13.8 Å². The van der Waals surface area contributed by atoms with Gasteiger partial charge in [0.1, 0.15) is 0 Å². The summed E-state index contributed by atoms with van der Waals surface area (Å²) < 4.78 is 5.91. The van der Waals surface area contributed by atoms with Gasteiger partial charge in [-0.3, -0.25) is 0 Å². The minimum Gasteiger partial charge on any atom is -0.382 e. The Morgan fingerprint density at radius 2 is 1.85 bits per heavy atom. The summed E-state index contributed by atoms with van der Waals surface area (Å²) in [5, 5.41) is 0. The van der Waals surface area contributed by atoms with Gasteiger partial charge in [-0.05, 0) is 19.3 Å². The molecule has 0 aliphatic carbocycles. The average Bonchev–Trinajstić information content (AvgIpc) is 2.19. The van der Waals surface area contributed by atoms with Crippen LogP contribution in [0, 0.1) is 0 Å². The van der Waals surface area contributed by atoms with E-state index in [4.69, 9.17) is 4.74 Å². The molecule has 1 unspecified atom stereocenters. The second-order valence-corrected chi connectivity index (χ2v) is 7.66. The van der Waals surface area contributed by atoms with Crippen LogP contribution in [-0.4, -0.2) is 21.1 Å². The second kappa shape index (κ2) is 6.60. The van der Waals surface area contributed by atoms with Crippen molar-refractivity contribution in [2.75, 3.05) is 6.61 Å². The standard InChI is InChI=1S/C11H24OSi/c1-3-9-13(10-4-2)11-7-5-6-8-12-11/h11,13H,3-10H2,1-2H3. The molecule has 0 aromatic rings. The summed E-state index contributed by atoms with van der Waals surface area (Å²) in [5.41, 5.74) is 0.730. The Labute approximate surface area is 84.5 Å². The Balaban J connectivity index is 2.32. The molecule has 0 N–H and O–H groups in total. The highest BCUT2D eigenvalue weighted by atomic mass is 28.3. The molecule has 0 amide bonds. The van der Waals surface area contributed by atoms with Crippen LogP contribution in [0.2, 0.25) is 12.1 Å². The SMILES string of the molecule is CCC[SiH](CCC)C1CCCCO1. The lowest BCUT2D eigenvalue weighted by Crippen LogP contribution is -2.35. The quantitative estimate of drug-likeness (QED) is 0.620. The summed E-state index contributed by atoms with van der Waals surface area (Å²) in [4.78, 5) is 0. The fourth-order valence-electron chi connectivity index (χ4n) is 2.40. The highest BCUT2D eigenvalue weighted by Crippen LogP contribution is 2.21. The van der Waals surface area contributed by atoms with E-state index in [1.807, 2.05) is 0 Å². The molecule has 0 radical (unpaired) electrons. The third kappa shape index (κ3) is 3.82. The Morgan fingerprint density at radius 3 is 2.31 bits per heavy atom.